The number of aryl methyl sites for hydroxylation is 1. The minimum atomic E-state index is 0.0220. The van der Waals surface area contributed by atoms with Gasteiger partial charge in [-0.2, -0.15) is 0 Å². The van der Waals surface area contributed by atoms with Crippen molar-refractivity contribution in [2.75, 3.05) is 62.3 Å². The van der Waals surface area contributed by atoms with Crippen LogP contribution in [-0.4, -0.2) is 73.3 Å². The van der Waals surface area contributed by atoms with Gasteiger partial charge in [0.1, 0.15) is 0 Å². The van der Waals surface area contributed by atoms with Crippen molar-refractivity contribution >= 4 is 17.5 Å². The molecule has 0 bridgehead atoms. The van der Waals surface area contributed by atoms with Crippen LogP contribution in [0.3, 0.4) is 0 Å². The maximum absolute atomic E-state index is 12.9. The van der Waals surface area contributed by atoms with E-state index in [-0.39, 0.29) is 5.91 Å². The Kier molecular flexibility index (Phi) is 5.20. The Labute approximate surface area is 159 Å². The Balaban J connectivity index is 1.41. The van der Waals surface area contributed by atoms with Crippen LogP contribution in [0.15, 0.2) is 36.5 Å². The first kappa shape index (κ1) is 17.7. The molecule has 4 rings (SSSR count). The molecule has 3 heterocycles. The van der Waals surface area contributed by atoms with Crippen LogP contribution < -0.4 is 9.80 Å². The van der Waals surface area contributed by atoms with Gasteiger partial charge in [-0.3, -0.25) is 4.79 Å². The Bertz CT molecular complexity index is 784. The zero-order chi connectivity index (χ0) is 18.6. The first-order valence-electron chi connectivity index (χ1n) is 9.48. The number of anilines is 2. The zero-order valence-electron chi connectivity index (χ0n) is 15.7. The van der Waals surface area contributed by atoms with Crippen LogP contribution in [0.1, 0.15) is 16.1 Å². The molecule has 0 radical (unpaired) electrons. The second-order valence-corrected chi connectivity index (χ2v) is 6.88. The van der Waals surface area contributed by atoms with E-state index in [2.05, 4.69) is 31.9 Å². The van der Waals surface area contributed by atoms with Crippen molar-refractivity contribution in [2.45, 2.75) is 6.92 Å². The van der Waals surface area contributed by atoms with Crippen molar-refractivity contribution in [1.82, 2.24) is 14.9 Å². The summed E-state index contributed by atoms with van der Waals surface area (Å²) in [6.07, 6.45) is 1.68. The third kappa shape index (κ3) is 3.88. The number of amides is 1. The summed E-state index contributed by atoms with van der Waals surface area (Å²) < 4.78 is 5.37. The van der Waals surface area contributed by atoms with Gasteiger partial charge in [-0.05, 0) is 19.1 Å². The summed E-state index contributed by atoms with van der Waals surface area (Å²) in [6, 6.07) is 10.3. The normalized spacial score (nSPS) is 17.9. The summed E-state index contributed by atoms with van der Waals surface area (Å²) in [4.78, 5) is 28.3. The van der Waals surface area contributed by atoms with Gasteiger partial charge in [0.15, 0.2) is 0 Å². The summed E-state index contributed by atoms with van der Waals surface area (Å²) >= 11 is 0. The van der Waals surface area contributed by atoms with Crippen molar-refractivity contribution in [3.05, 3.63) is 47.8 Å². The molecular weight excluding hydrogens is 342 g/mol. The Morgan fingerprint density at radius 1 is 0.963 bits per heavy atom. The van der Waals surface area contributed by atoms with E-state index in [9.17, 15) is 4.79 Å². The van der Waals surface area contributed by atoms with Gasteiger partial charge >= 0.3 is 0 Å². The van der Waals surface area contributed by atoms with Gasteiger partial charge in [0, 0.05) is 51.2 Å². The molecule has 27 heavy (non-hydrogen) atoms. The smallest absolute Gasteiger partial charge is 0.257 e. The van der Waals surface area contributed by atoms with Gasteiger partial charge in [0.05, 0.1) is 24.5 Å². The lowest BCUT2D eigenvalue weighted by molar-refractivity contribution is 0.0745. The SMILES string of the molecule is Cc1nc(N2CCOCC2)ncc1C(=O)N1CCN(c2ccccc2)CC1. The van der Waals surface area contributed by atoms with Crippen LogP contribution in [0.2, 0.25) is 0 Å². The molecule has 2 aliphatic rings. The van der Waals surface area contributed by atoms with Crippen LogP contribution in [0, 0.1) is 6.92 Å². The standard InChI is InChI=1S/C20H25N5O2/c1-16-18(15-21-20(22-16)25-11-13-27-14-12-25)19(26)24-9-7-23(8-10-24)17-5-3-2-4-6-17/h2-6,15H,7-14H2,1H3. The number of hydrogen-bond acceptors (Lipinski definition) is 6. The third-order valence-electron chi connectivity index (χ3n) is 5.18. The third-order valence-corrected chi connectivity index (χ3v) is 5.18. The van der Waals surface area contributed by atoms with E-state index >= 15 is 0 Å². The number of rotatable bonds is 3. The fourth-order valence-electron chi connectivity index (χ4n) is 3.56. The Morgan fingerprint density at radius 2 is 1.67 bits per heavy atom. The van der Waals surface area contributed by atoms with Gasteiger partial charge in [-0.1, -0.05) is 18.2 Å². The predicted molar refractivity (Wildman–Crippen MR) is 104 cm³/mol. The first-order valence-corrected chi connectivity index (χ1v) is 9.48. The van der Waals surface area contributed by atoms with Gasteiger partial charge in [0.2, 0.25) is 5.95 Å². The van der Waals surface area contributed by atoms with Crippen LogP contribution in [-0.2, 0) is 4.74 Å². The molecule has 0 unspecified atom stereocenters. The van der Waals surface area contributed by atoms with E-state index in [0.29, 0.717) is 37.8 Å². The average molecular weight is 367 g/mol. The molecule has 2 aromatic rings. The fraction of sp³-hybridized carbons (Fsp3) is 0.450. The monoisotopic (exact) mass is 367 g/mol. The van der Waals surface area contributed by atoms with Crippen LogP contribution >= 0.6 is 0 Å². The number of carbonyl (C=O) groups is 1. The molecule has 2 saturated heterocycles. The minimum absolute atomic E-state index is 0.0220. The Morgan fingerprint density at radius 3 is 2.33 bits per heavy atom. The highest BCUT2D eigenvalue weighted by Crippen LogP contribution is 2.18. The lowest BCUT2D eigenvalue weighted by Gasteiger charge is -2.36. The molecule has 0 atom stereocenters. The van der Waals surface area contributed by atoms with E-state index in [4.69, 9.17) is 4.74 Å². The van der Waals surface area contributed by atoms with E-state index in [1.165, 1.54) is 5.69 Å². The topological polar surface area (TPSA) is 61.8 Å². The maximum atomic E-state index is 12.9. The minimum Gasteiger partial charge on any atom is -0.378 e. The van der Waals surface area contributed by atoms with Crippen molar-refractivity contribution in [2.24, 2.45) is 0 Å². The Hall–Kier alpha value is -2.67. The molecule has 0 aliphatic carbocycles. The summed E-state index contributed by atoms with van der Waals surface area (Å²) in [5, 5.41) is 0. The van der Waals surface area contributed by atoms with Gasteiger partial charge in [-0.25, -0.2) is 9.97 Å². The van der Waals surface area contributed by atoms with Crippen LogP contribution in [0.5, 0.6) is 0 Å². The van der Waals surface area contributed by atoms with E-state index < -0.39 is 0 Å². The molecule has 0 saturated carbocycles. The first-order chi connectivity index (χ1) is 13.2. The number of benzene rings is 1. The largest absolute Gasteiger partial charge is 0.378 e. The van der Waals surface area contributed by atoms with E-state index in [0.717, 1.165) is 31.9 Å². The number of ether oxygens (including phenoxy) is 1. The highest BCUT2D eigenvalue weighted by molar-refractivity contribution is 5.95. The van der Waals surface area contributed by atoms with Crippen LogP contribution in [0.25, 0.3) is 0 Å². The van der Waals surface area contributed by atoms with Crippen molar-refractivity contribution in [3.63, 3.8) is 0 Å². The number of piperazine rings is 1. The maximum Gasteiger partial charge on any atom is 0.257 e. The molecule has 1 amide bonds. The van der Waals surface area contributed by atoms with E-state index in [1.54, 1.807) is 6.20 Å². The summed E-state index contributed by atoms with van der Waals surface area (Å²) in [7, 11) is 0. The molecule has 1 aromatic heterocycles. The highest BCUT2D eigenvalue weighted by Gasteiger charge is 2.25. The van der Waals surface area contributed by atoms with Gasteiger partial charge in [-0.15, -0.1) is 0 Å². The zero-order valence-corrected chi connectivity index (χ0v) is 15.7. The van der Waals surface area contributed by atoms with Gasteiger partial charge < -0.3 is 19.4 Å². The second-order valence-electron chi connectivity index (χ2n) is 6.88. The van der Waals surface area contributed by atoms with Crippen LogP contribution in [0.4, 0.5) is 11.6 Å². The molecule has 142 valence electrons. The quantitative estimate of drug-likeness (QED) is 0.821. The lowest BCUT2D eigenvalue weighted by Crippen LogP contribution is -2.49. The number of nitrogens with zero attached hydrogens (tertiary/aromatic N) is 5. The molecular formula is C20H25N5O2. The fourth-order valence-corrected chi connectivity index (χ4v) is 3.56. The second kappa shape index (κ2) is 7.92. The predicted octanol–water partition coefficient (Wildman–Crippen LogP) is 1.58. The number of para-hydroxylation sites is 1. The number of carbonyl (C=O) groups excluding carboxylic acids is 1. The number of hydrogen-bond donors (Lipinski definition) is 0. The molecule has 2 fully saturated rings. The number of morpholine rings is 1. The summed E-state index contributed by atoms with van der Waals surface area (Å²) in [6.45, 7) is 7.92. The molecule has 0 N–H and O–H groups in total. The van der Waals surface area contributed by atoms with E-state index in [1.807, 2.05) is 30.0 Å². The van der Waals surface area contributed by atoms with Crippen molar-refractivity contribution < 1.29 is 9.53 Å². The molecule has 7 heteroatoms. The summed E-state index contributed by atoms with van der Waals surface area (Å²) in [5.41, 5.74) is 2.54. The van der Waals surface area contributed by atoms with Crippen molar-refractivity contribution in [1.29, 1.82) is 0 Å². The number of aromatic nitrogens is 2. The molecule has 2 aliphatic heterocycles. The average Bonchev–Trinajstić information content (AvgIpc) is 2.74. The molecule has 1 aromatic carbocycles. The summed E-state index contributed by atoms with van der Waals surface area (Å²) in [5.74, 6) is 0.704. The van der Waals surface area contributed by atoms with Crippen molar-refractivity contribution in [3.8, 4) is 0 Å². The highest BCUT2D eigenvalue weighted by atomic mass is 16.5. The molecule has 0 spiro atoms. The molecule has 7 nitrogen and oxygen atoms in total. The van der Waals surface area contributed by atoms with Gasteiger partial charge in [0.25, 0.3) is 5.91 Å². The lowest BCUT2D eigenvalue weighted by atomic mass is 10.2.